The highest BCUT2D eigenvalue weighted by atomic mass is 35.5. The molecule has 17 heavy (non-hydrogen) atoms. The van der Waals surface area contributed by atoms with Crippen LogP contribution in [0.25, 0.3) is 0 Å². The van der Waals surface area contributed by atoms with Crippen molar-refractivity contribution in [3.05, 3.63) is 28.8 Å². The Kier molecular flexibility index (Phi) is 4.35. The van der Waals surface area contributed by atoms with Crippen molar-refractivity contribution >= 4 is 34.2 Å². The number of thioether (sulfide) groups is 1. The van der Waals surface area contributed by atoms with E-state index in [1.54, 1.807) is 11.8 Å². The maximum absolute atomic E-state index is 6.10. The predicted molar refractivity (Wildman–Crippen MR) is 78.4 cm³/mol. The van der Waals surface area contributed by atoms with Gasteiger partial charge in [-0.15, -0.1) is 0 Å². The quantitative estimate of drug-likeness (QED) is 0.863. The Bertz CT molecular complexity index is 431. The van der Waals surface area contributed by atoms with Crippen LogP contribution in [0.1, 0.15) is 25.3 Å². The zero-order valence-corrected chi connectivity index (χ0v) is 11.7. The fraction of sp³-hybridized carbons (Fsp3) is 0.462. The summed E-state index contributed by atoms with van der Waals surface area (Å²) in [5.41, 5.74) is 2.14. The molecule has 1 aliphatic heterocycles. The number of aliphatic imine (C=N–C) groups is 1. The summed E-state index contributed by atoms with van der Waals surface area (Å²) in [4.78, 5) is 4.69. The summed E-state index contributed by atoms with van der Waals surface area (Å²) in [5.74, 6) is 1.14. The normalized spacial score (nSPS) is 19.9. The van der Waals surface area contributed by atoms with Crippen LogP contribution in [0.3, 0.4) is 0 Å². The minimum atomic E-state index is 0.471. The summed E-state index contributed by atoms with van der Waals surface area (Å²) in [7, 11) is 0. The number of halogens is 1. The Morgan fingerprint density at radius 1 is 1.53 bits per heavy atom. The molecule has 0 amide bonds. The third-order valence-electron chi connectivity index (χ3n) is 2.97. The van der Waals surface area contributed by atoms with Crippen LogP contribution in [-0.4, -0.2) is 17.0 Å². The molecule has 1 heterocycles. The molecule has 1 aromatic carbocycles. The zero-order valence-electron chi connectivity index (χ0n) is 10.2. The first-order valence-electron chi connectivity index (χ1n) is 5.93. The minimum Gasteiger partial charge on any atom is -0.335 e. The van der Waals surface area contributed by atoms with Crippen molar-refractivity contribution in [1.82, 2.24) is 0 Å². The molecule has 0 aromatic heterocycles. The van der Waals surface area contributed by atoms with E-state index >= 15 is 0 Å². The maximum atomic E-state index is 6.10. The number of rotatable bonds is 2. The molecule has 1 N–H and O–H groups in total. The minimum absolute atomic E-state index is 0.471. The Morgan fingerprint density at radius 2 is 2.35 bits per heavy atom. The van der Waals surface area contributed by atoms with Gasteiger partial charge in [0.15, 0.2) is 5.17 Å². The molecule has 0 radical (unpaired) electrons. The van der Waals surface area contributed by atoms with Crippen LogP contribution in [0.4, 0.5) is 5.69 Å². The number of hydrogen-bond donors (Lipinski definition) is 1. The largest absolute Gasteiger partial charge is 0.335 e. The van der Waals surface area contributed by atoms with Crippen LogP contribution in [0, 0.1) is 6.92 Å². The second-order valence-corrected chi connectivity index (χ2v) is 5.66. The summed E-state index contributed by atoms with van der Waals surface area (Å²) < 4.78 is 0. The van der Waals surface area contributed by atoms with Gasteiger partial charge in [-0.1, -0.05) is 36.4 Å². The summed E-state index contributed by atoms with van der Waals surface area (Å²) in [5, 5.41) is 5.20. The molecule has 2 nitrogen and oxygen atoms in total. The molecule has 1 unspecified atom stereocenters. The van der Waals surface area contributed by atoms with Gasteiger partial charge in [0.1, 0.15) is 0 Å². The van der Waals surface area contributed by atoms with Crippen molar-refractivity contribution < 1.29 is 0 Å². The van der Waals surface area contributed by atoms with Gasteiger partial charge in [-0.25, -0.2) is 0 Å². The van der Waals surface area contributed by atoms with Crippen molar-refractivity contribution in [3.8, 4) is 0 Å². The average Bonchev–Trinajstić information content (AvgIpc) is 2.35. The van der Waals surface area contributed by atoms with E-state index in [2.05, 4.69) is 12.2 Å². The Morgan fingerprint density at radius 3 is 3.12 bits per heavy atom. The molecule has 0 bridgehead atoms. The van der Waals surface area contributed by atoms with Crippen LogP contribution in [-0.2, 0) is 0 Å². The van der Waals surface area contributed by atoms with Gasteiger partial charge in [0, 0.05) is 16.5 Å². The number of hydrogen-bond acceptors (Lipinski definition) is 3. The van der Waals surface area contributed by atoms with E-state index in [1.165, 1.54) is 6.42 Å². The Labute approximate surface area is 112 Å². The van der Waals surface area contributed by atoms with Gasteiger partial charge in [-0.3, -0.25) is 4.99 Å². The molecule has 0 aliphatic carbocycles. The smallest absolute Gasteiger partial charge is 0.161 e. The van der Waals surface area contributed by atoms with Crippen molar-refractivity contribution in [3.63, 3.8) is 0 Å². The standard InChI is InChI=1S/C13H17ClN2S/c1-3-10-7-8-17-13(15-10)16-12-6-4-5-11(14)9(12)2/h4-6,10H,3,7-8H2,1-2H3,(H,15,16). The molecular weight excluding hydrogens is 252 g/mol. The molecule has 4 heteroatoms. The second kappa shape index (κ2) is 5.78. The SMILES string of the molecule is CCC1CCSC(Nc2cccc(Cl)c2C)=N1. The Balaban J connectivity index is 2.15. The number of benzene rings is 1. The van der Waals surface area contributed by atoms with E-state index in [-0.39, 0.29) is 0 Å². The molecule has 0 saturated heterocycles. The highest BCUT2D eigenvalue weighted by Crippen LogP contribution is 2.26. The molecule has 2 rings (SSSR count). The van der Waals surface area contributed by atoms with Gasteiger partial charge in [-0.2, -0.15) is 0 Å². The second-order valence-electron chi connectivity index (χ2n) is 4.17. The van der Waals surface area contributed by atoms with Crippen molar-refractivity contribution in [2.45, 2.75) is 32.7 Å². The van der Waals surface area contributed by atoms with Crippen LogP contribution in [0.15, 0.2) is 23.2 Å². The van der Waals surface area contributed by atoms with Crippen molar-refractivity contribution in [2.24, 2.45) is 4.99 Å². The molecule has 1 atom stereocenters. The maximum Gasteiger partial charge on any atom is 0.161 e. The van der Waals surface area contributed by atoms with E-state index in [9.17, 15) is 0 Å². The first-order chi connectivity index (χ1) is 8.20. The number of amidine groups is 1. The van der Waals surface area contributed by atoms with E-state index in [0.717, 1.165) is 33.6 Å². The summed E-state index contributed by atoms with van der Waals surface area (Å²) in [6.07, 6.45) is 2.29. The third-order valence-corrected chi connectivity index (χ3v) is 4.30. The molecule has 0 saturated carbocycles. The molecular formula is C13H17ClN2S. The first kappa shape index (κ1) is 12.8. The molecule has 92 valence electrons. The van der Waals surface area contributed by atoms with Gasteiger partial charge < -0.3 is 5.32 Å². The third kappa shape index (κ3) is 3.17. The van der Waals surface area contributed by atoms with Gasteiger partial charge >= 0.3 is 0 Å². The van der Waals surface area contributed by atoms with Gasteiger partial charge in [-0.05, 0) is 37.5 Å². The molecule has 1 aliphatic rings. The van der Waals surface area contributed by atoms with E-state index in [0.29, 0.717) is 6.04 Å². The lowest BCUT2D eigenvalue weighted by Gasteiger charge is -2.20. The first-order valence-corrected chi connectivity index (χ1v) is 7.29. The van der Waals surface area contributed by atoms with Gasteiger partial charge in [0.2, 0.25) is 0 Å². The lowest BCUT2D eigenvalue weighted by atomic mass is 10.2. The number of nitrogens with one attached hydrogen (secondary N) is 1. The zero-order chi connectivity index (χ0) is 12.3. The fourth-order valence-corrected chi connectivity index (χ4v) is 2.94. The van der Waals surface area contributed by atoms with E-state index < -0.39 is 0 Å². The average molecular weight is 269 g/mol. The van der Waals surface area contributed by atoms with E-state index in [1.807, 2.05) is 25.1 Å². The van der Waals surface area contributed by atoms with E-state index in [4.69, 9.17) is 16.6 Å². The van der Waals surface area contributed by atoms with Crippen molar-refractivity contribution in [2.75, 3.05) is 11.1 Å². The highest BCUT2D eigenvalue weighted by Gasteiger charge is 2.14. The molecule has 0 fully saturated rings. The van der Waals surface area contributed by atoms with Crippen LogP contribution < -0.4 is 5.32 Å². The fourth-order valence-electron chi connectivity index (χ4n) is 1.78. The molecule has 0 spiro atoms. The number of nitrogens with zero attached hydrogens (tertiary/aromatic N) is 1. The van der Waals surface area contributed by atoms with Crippen LogP contribution in [0.2, 0.25) is 5.02 Å². The lowest BCUT2D eigenvalue weighted by Crippen LogP contribution is -2.19. The van der Waals surface area contributed by atoms with Gasteiger partial charge in [0.25, 0.3) is 0 Å². The lowest BCUT2D eigenvalue weighted by molar-refractivity contribution is 0.634. The topological polar surface area (TPSA) is 24.4 Å². The number of anilines is 1. The van der Waals surface area contributed by atoms with Crippen LogP contribution in [0.5, 0.6) is 0 Å². The summed E-state index contributed by atoms with van der Waals surface area (Å²) in [6.45, 7) is 4.21. The highest BCUT2D eigenvalue weighted by molar-refractivity contribution is 8.14. The summed E-state index contributed by atoms with van der Waals surface area (Å²) >= 11 is 7.89. The monoisotopic (exact) mass is 268 g/mol. The molecule has 1 aromatic rings. The predicted octanol–water partition coefficient (Wildman–Crippen LogP) is 4.33. The van der Waals surface area contributed by atoms with Crippen molar-refractivity contribution in [1.29, 1.82) is 0 Å². The van der Waals surface area contributed by atoms with Gasteiger partial charge in [0.05, 0.1) is 6.04 Å². The Hall–Kier alpha value is -0.670. The summed E-state index contributed by atoms with van der Waals surface area (Å²) in [6, 6.07) is 6.38. The van der Waals surface area contributed by atoms with Crippen LogP contribution >= 0.6 is 23.4 Å².